The molecule has 1 unspecified atom stereocenters. The smallest absolute Gasteiger partial charge is 0.329 e. The van der Waals surface area contributed by atoms with E-state index < -0.39 is 11.5 Å². The van der Waals surface area contributed by atoms with E-state index in [9.17, 15) is 14.7 Å². The number of amides is 1. The molecule has 5 heteroatoms. The van der Waals surface area contributed by atoms with Gasteiger partial charge in [-0.15, -0.1) is 0 Å². The predicted octanol–water partition coefficient (Wildman–Crippen LogP) is 1.53. The van der Waals surface area contributed by atoms with Gasteiger partial charge in [-0.3, -0.25) is 4.79 Å². The molecule has 1 aliphatic rings. The van der Waals surface area contributed by atoms with Crippen molar-refractivity contribution >= 4 is 11.9 Å². The van der Waals surface area contributed by atoms with Gasteiger partial charge in [0.15, 0.2) is 6.61 Å². The molecule has 0 saturated carbocycles. The van der Waals surface area contributed by atoms with Crippen LogP contribution in [0.1, 0.15) is 19.8 Å². The maximum Gasteiger partial charge on any atom is 0.329 e. The lowest BCUT2D eigenvalue weighted by Gasteiger charge is -2.31. The molecule has 1 heterocycles. The van der Waals surface area contributed by atoms with Crippen LogP contribution in [0.15, 0.2) is 30.3 Å². The van der Waals surface area contributed by atoms with E-state index >= 15 is 0 Å². The second-order valence-corrected chi connectivity index (χ2v) is 4.83. The molecular weight excluding hydrogens is 246 g/mol. The van der Waals surface area contributed by atoms with Gasteiger partial charge in [-0.05, 0) is 31.9 Å². The van der Waals surface area contributed by atoms with Crippen LogP contribution in [0.2, 0.25) is 0 Å². The molecule has 1 aromatic rings. The Balaban J connectivity index is 1.98. The van der Waals surface area contributed by atoms with Gasteiger partial charge >= 0.3 is 5.97 Å². The molecule has 5 nitrogen and oxygen atoms in total. The third-order valence-corrected chi connectivity index (χ3v) is 3.51. The van der Waals surface area contributed by atoms with Crippen molar-refractivity contribution in [3.05, 3.63) is 30.3 Å². The Morgan fingerprint density at radius 2 is 2.05 bits per heavy atom. The van der Waals surface area contributed by atoms with Gasteiger partial charge in [-0.2, -0.15) is 0 Å². The number of rotatable bonds is 4. The largest absolute Gasteiger partial charge is 0.484 e. The number of benzene rings is 1. The minimum atomic E-state index is -1.10. The van der Waals surface area contributed by atoms with Crippen LogP contribution < -0.4 is 4.74 Å². The van der Waals surface area contributed by atoms with Gasteiger partial charge in [0.25, 0.3) is 5.91 Å². The molecule has 0 bridgehead atoms. The zero-order valence-electron chi connectivity index (χ0n) is 10.8. The van der Waals surface area contributed by atoms with Crippen molar-refractivity contribution in [1.29, 1.82) is 0 Å². The van der Waals surface area contributed by atoms with Gasteiger partial charge in [0.05, 0.1) is 0 Å². The van der Waals surface area contributed by atoms with Crippen molar-refractivity contribution in [3.63, 3.8) is 0 Å². The van der Waals surface area contributed by atoms with Crippen molar-refractivity contribution in [2.75, 3.05) is 13.2 Å². The number of para-hydroxylation sites is 1. The number of carbonyl (C=O) groups is 2. The summed E-state index contributed by atoms with van der Waals surface area (Å²) in [6.45, 7) is 1.93. The van der Waals surface area contributed by atoms with Crippen molar-refractivity contribution in [3.8, 4) is 5.75 Å². The van der Waals surface area contributed by atoms with E-state index in [1.807, 2.05) is 18.2 Å². The highest BCUT2D eigenvalue weighted by Gasteiger charge is 2.45. The lowest BCUT2D eigenvalue weighted by molar-refractivity contribution is -0.156. The van der Waals surface area contributed by atoms with Gasteiger partial charge in [0.2, 0.25) is 0 Å². The Bertz CT molecular complexity index is 474. The summed E-state index contributed by atoms with van der Waals surface area (Å²) in [4.78, 5) is 24.8. The summed E-state index contributed by atoms with van der Waals surface area (Å²) in [6, 6.07) is 9.01. The fourth-order valence-electron chi connectivity index (χ4n) is 2.33. The molecule has 1 aromatic carbocycles. The molecule has 19 heavy (non-hydrogen) atoms. The summed E-state index contributed by atoms with van der Waals surface area (Å²) < 4.78 is 5.37. The summed E-state index contributed by atoms with van der Waals surface area (Å²) in [7, 11) is 0. The number of ether oxygens (including phenoxy) is 1. The number of hydrogen-bond acceptors (Lipinski definition) is 3. The minimum absolute atomic E-state index is 0.132. The second kappa shape index (κ2) is 5.30. The number of hydrogen-bond donors (Lipinski definition) is 1. The highest BCUT2D eigenvalue weighted by atomic mass is 16.5. The number of likely N-dealkylation sites (tertiary alicyclic amines) is 1. The number of aliphatic carboxylic acids is 1. The minimum Gasteiger partial charge on any atom is -0.484 e. The Morgan fingerprint density at radius 1 is 1.37 bits per heavy atom. The Hall–Kier alpha value is -2.04. The summed E-state index contributed by atoms with van der Waals surface area (Å²) in [5, 5.41) is 9.24. The van der Waals surface area contributed by atoms with E-state index in [1.165, 1.54) is 4.90 Å². The number of nitrogens with zero attached hydrogens (tertiary/aromatic N) is 1. The van der Waals surface area contributed by atoms with E-state index in [4.69, 9.17) is 4.74 Å². The highest BCUT2D eigenvalue weighted by molar-refractivity contribution is 5.88. The average Bonchev–Trinajstić information content (AvgIpc) is 2.81. The topological polar surface area (TPSA) is 66.8 Å². The monoisotopic (exact) mass is 263 g/mol. The third-order valence-electron chi connectivity index (χ3n) is 3.51. The standard InChI is InChI=1S/C14H17NO4/c1-14(13(17)18)8-5-9-15(14)12(16)10-19-11-6-3-2-4-7-11/h2-4,6-7H,5,8-10H2,1H3,(H,17,18). The van der Waals surface area contributed by atoms with Crippen LogP contribution in [0.25, 0.3) is 0 Å². The zero-order valence-corrected chi connectivity index (χ0v) is 10.8. The molecular formula is C14H17NO4. The van der Waals surface area contributed by atoms with Crippen LogP contribution in [-0.2, 0) is 9.59 Å². The van der Waals surface area contributed by atoms with Crippen molar-refractivity contribution in [2.24, 2.45) is 0 Å². The molecule has 1 amide bonds. The summed E-state index contributed by atoms with van der Waals surface area (Å²) in [6.07, 6.45) is 1.19. The normalized spacial score (nSPS) is 22.3. The Kier molecular flexibility index (Phi) is 3.74. The van der Waals surface area contributed by atoms with Gasteiger partial charge in [0.1, 0.15) is 11.3 Å². The first-order chi connectivity index (χ1) is 9.04. The molecule has 0 spiro atoms. The molecule has 1 fully saturated rings. The van der Waals surface area contributed by atoms with Gasteiger partial charge in [-0.1, -0.05) is 18.2 Å². The van der Waals surface area contributed by atoms with Gasteiger partial charge < -0.3 is 14.7 Å². The summed E-state index contributed by atoms with van der Waals surface area (Å²) in [5.74, 6) is -0.642. The molecule has 1 atom stereocenters. The highest BCUT2D eigenvalue weighted by Crippen LogP contribution is 2.29. The maximum atomic E-state index is 12.1. The molecule has 1 aliphatic heterocycles. The number of carboxylic acids is 1. The van der Waals surface area contributed by atoms with Crippen LogP contribution in [-0.4, -0.2) is 40.6 Å². The molecule has 0 radical (unpaired) electrons. The third kappa shape index (κ3) is 2.70. The first kappa shape index (κ1) is 13.4. The van der Waals surface area contributed by atoms with Gasteiger partial charge in [-0.25, -0.2) is 4.79 Å². The molecule has 2 rings (SSSR count). The number of carboxylic acid groups (broad SMARTS) is 1. The molecule has 102 valence electrons. The summed E-state index contributed by atoms with van der Waals surface area (Å²) >= 11 is 0. The van der Waals surface area contributed by atoms with Crippen LogP contribution in [0.4, 0.5) is 0 Å². The first-order valence-corrected chi connectivity index (χ1v) is 6.26. The fraction of sp³-hybridized carbons (Fsp3) is 0.429. The van der Waals surface area contributed by atoms with Crippen molar-refractivity contribution in [1.82, 2.24) is 4.90 Å². The van der Waals surface area contributed by atoms with Gasteiger partial charge in [0, 0.05) is 6.54 Å². The Labute approximate surface area is 111 Å². The van der Waals surface area contributed by atoms with Crippen LogP contribution in [0, 0.1) is 0 Å². The fourth-order valence-corrected chi connectivity index (χ4v) is 2.33. The van der Waals surface area contributed by atoms with Crippen LogP contribution >= 0.6 is 0 Å². The van der Waals surface area contributed by atoms with Crippen LogP contribution in [0.5, 0.6) is 5.75 Å². The molecule has 1 N–H and O–H groups in total. The zero-order chi connectivity index (χ0) is 13.9. The number of carbonyl (C=O) groups excluding carboxylic acids is 1. The van der Waals surface area contributed by atoms with E-state index in [1.54, 1.807) is 19.1 Å². The maximum absolute atomic E-state index is 12.1. The average molecular weight is 263 g/mol. The van der Waals surface area contributed by atoms with E-state index in [2.05, 4.69) is 0 Å². The molecule has 1 saturated heterocycles. The van der Waals surface area contributed by atoms with E-state index in [0.717, 1.165) is 0 Å². The molecule has 0 aliphatic carbocycles. The first-order valence-electron chi connectivity index (χ1n) is 6.26. The Morgan fingerprint density at radius 3 is 2.68 bits per heavy atom. The van der Waals surface area contributed by atoms with Crippen molar-refractivity contribution in [2.45, 2.75) is 25.3 Å². The predicted molar refractivity (Wildman–Crippen MR) is 68.9 cm³/mol. The lowest BCUT2D eigenvalue weighted by atomic mass is 9.99. The lowest BCUT2D eigenvalue weighted by Crippen LogP contribution is -2.52. The summed E-state index contributed by atoms with van der Waals surface area (Å²) in [5.41, 5.74) is -1.10. The van der Waals surface area contributed by atoms with E-state index in [0.29, 0.717) is 25.1 Å². The van der Waals surface area contributed by atoms with Crippen LogP contribution in [0.3, 0.4) is 0 Å². The van der Waals surface area contributed by atoms with E-state index in [-0.39, 0.29) is 12.5 Å². The van der Waals surface area contributed by atoms with Crippen molar-refractivity contribution < 1.29 is 19.4 Å². The molecule has 0 aromatic heterocycles. The SMILES string of the molecule is CC1(C(=O)O)CCCN1C(=O)COc1ccccc1. The quantitative estimate of drug-likeness (QED) is 0.894. The second-order valence-electron chi connectivity index (χ2n) is 4.83.